The summed E-state index contributed by atoms with van der Waals surface area (Å²) in [5.41, 5.74) is -0.0177. The SMILES string of the molecule is CC(C)C1CCC2(CC1)CC(=O)N(CCC[N+](C)(C)C)C(=O)C2.[I-]. The van der Waals surface area contributed by atoms with E-state index in [1.807, 2.05) is 0 Å². The highest BCUT2D eigenvalue weighted by Crippen LogP contribution is 2.48. The first-order valence-corrected chi connectivity index (χ1v) is 9.26. The summed E-state index contributed by atoms with van der Waals surface area (Å²) in [7, 11) is 6.42. The Hall–Kier alpha value is -0.170. The van der Waals surface area contributed by atoms with E-state index in [2.05, 4.69) is 35.0 Å². The average Bonchev–Trinajstić information content (AvgIpc) is 2.41. The Morgan fingerprint density at radius 3 is 2.00 bits per heavy atom. The summed E-state index contributed by atoms with van der Waals surface area (Å²) >= 11 is 0. The van der Waals surface area contributed by atoms with Gasteiger partial charge in [0.1, 0.15) is 0 Å². The van der Waals surface area contributed by atoms with Crippen molar-refractivity contribution in [1.82, 2.24) is 4.90 Å². The van der Waals surface area contributed by atoms with Crippen LogP contribution in [0.25, 0.3) is 0 Å². The van der Waals surface area contributed by atoms with Gasteiger partial charge in [-0.05, 0) is 42.9 Å². The summed E-state index contributed by atoms with van der Waals surface area (Å²) in [6, 6.07) is 0. The second-order valence-electron chi connectivity index (χ2n) is 9.24. The van der Waals surface area contributed by atoms with Gasteiger partial charge in [-0.3, -0.25) is 14.5 Å². The zero-order valence-electron chi connectivity index (χ0n) is 16.1. The summed E-state index contributed by atoms with van der Waals surface area (Å²) in [6.07, 6.45) is 6.55. The van der Waals surface area contributed by atoms with Crippen molar-refractivity contribution in [3.63, 3.8) is 0 Å². The van der Waals surface area contributed by atoms with Gasteiger partial charge in [-0.25, -0.2) is 0 Å². The fraction of sp³-hybridized carbons (Fsp3) is 0.895. The lowest BCUT2D eigenvalue weighted by Crippen LogP contribution is -3.00. The third kappa shape index (κ3) is 5.68. The minimum Gasteiger partial charge on any atom is -1.00 e. The average molecular weight is 450 g/mol. The van der Waals surface area contributed by atoms with Crippen molar-refractivity contribution in [3.8, 4) is 0 Å². The lowest BCUT2D eigenvalue weighted by molar-refractivity contribution is -0.870. The molecule has 1 saturated carbocycles. The number of imide groups is 1. The van der Waals surface area contributed by atoms with Crippen LogP contribution in [0.1, 0.15) is 58.8 Å². The fourth-order valence-electron chi connectivity index (χ4n) is 4.26. The van der Waals surface area contributed by atoms with Crippen LogP contribution >= 0.6 is 0 Å². The van der Waals surface area contributed by atoms with Gasteiger partial charge in [0.25, 0.3) is 0 Å². The molecule has 4 nitrogen and oxygen atoms in total. The lowest BCUT2D eigenvalue weighted by Gasteiger charge is -2.45. The molecule has 2 fully saturated rings. The molecule has 140 valence electrons. The number of carbonyl (C=O) groups is 2. The Bertz CT molecular complexity index is 429. The van der Waals surface area contributed by atoms with Gasteiger partial charge in [-0.2, -0.15) is 0 Å². The van der Waals surface area contributed by atoms with Crippen molar-refractivity contribution in [1.29, 1.82) is 0 Å². The minimum atomic E-state index is -0.0177. The summed E-state index contributed by atoms with van der Waals surface area (Å²) in [4.78, 5) is 26.6. The summed E-state index contributed by atoms with van der Waals surface area (Å²) < 4.78 is 0.872. The fourth-order valence-corrected chi connectivity index (χ4v) is 4.26. The highest BCUT2D eigenvalue weighted by atomic mass is 127. The van der Waals surface area contributed by atoms with Crippen LogP contribution in [0.5, 0.6) is 0 Å². The highest BCUT2D eigenvalue weighted by Gasteiger charge is 2.45. The van der Waals surface area contributed by atoms with E-state index in [4.69, 9.17) is 0 Å². The molecule has 2 aliphatic rings. The normalized spacial score (nSPS) is 22.2. The first kappa shape index (κ1) is 21.9. The quantitative estimate of drug-likeness (QED) is 0.338. The Balaban J connectivity index is 0.00000288. The molecule has 1 aliphatic carbocycles. The molecule has 1 spiro atoms. The highest BCUT2D eigenvalue weighted by molar-refractivity contribution is 5.98. The first-order valence-electron chi connectivity index (χ1n) is 9.26. The molecule has 0 N–H and O–H groups in total. The van der Waals surface area contributed by atoms with Crippen LogP contribution in [-0.4, -0.2) is 55.4 Å². The van der Waals surface area contributed by atoms with Gasteiger partial charge in [0, 0.05) is 25.8 Å². The number of likely N-dealkylation sites (tertiary alicyclic amines) is 1. The lowest BCUT2D eigenvalue weighted by atomic mass is 9.63. The molecule has 0 aromatic carbocycles. The molecular weight excluding hydrogens is 415 g/mol. The number of amides is 2. The second kappa shape index (κ2) is 8.47. The van der Waals surface area contributed by atoms with Crippen molar-refractivity contribution in [3.05, 3.63) is 0 Å². The van der Waals surface area contributed by atoms with Gasteiger partial charge in [-0.1, -0.05) is 13.8 Å². The molecule has 0 radical (unpaired) electrons. The van der Waals surface area contributed by atoms with Crippen LogP contribution in [0, 0.1) is 17.3 Å². The van der Waals surface area contributed by atoms with E-state index in [-0.39, 0.29) is 41.2 Å². The van der Waals surface area contributed by atoms with E-state index in [1.54, 1.807) is 0 Å². The van der Waals surface area contributed by atoms with Crippen LogP contribution in [0.2, 0.25) is 0 Å². The number of hydrogen-bond donors (Lipinski definition) is 0. The largest absolute Gasteiger partial charge is 1.00 e. The van der Waals surface area contributed by atoms with E-state index >= 15 is 0 Å². The molecule has 0 atom stereocenters. The zero-order valence-corrected chi connectivity index (χ0v) is 18.3. The number of carbonyl (C=O) groups excluding carboxylic acids is 2. The Kier molecular flexibility index (Phi) is 7.72. The number of nitrogens with zero attached hydrogens (tertiary/aromatic N) is 2. The van der Waals surface area contributed by atoms with Crippen LogP contribution in [0.15, 0.2) is 0 Å². The van der Waals surface area contributed by atoms with Crippen LogP contribution in [0.3, 0.4) is 0 Å². The van der Waals surface area contributed by atoms with Crippen LogP contribution in [0.4, 0.5) is 0 Å². The molecule has 2 rings (SSSR count). The molecule has 1 aliphatic heterocycles. The van der Waals surface area contributed by atoms with Gasteiger partial charge < -0.3 is 28.5 Å². The van der Waals surface area contributed by atoms with Crippen molar-refractivity contribution < 1.29 is 38.0 Å². The number of piperidine rings is 1. The third-order valence-corrected chi connectivity index (χ3v) is 5.90. The molecule has 5 heteroatoms. The topological polar surface area (TPSA) is 37.4 Å². The number of rotatable bonds is 5. The van der Waals surface area contributed by atoms with E-state index in [0.717, 1.165) is 42.1 Å². The minimum absolute atomic E-state index is 0. The maximum atomic E-state index is 12.5. The van der Waals surface area contributed by atoms with Gasteiger partial charge in [-0.15, -0.1) is 0 Å². The summed E-state index contributed by atoms with van der Waals surface area (Å²) in [6.45, 7) is 6.15. The predicted molar refractivity (Wildman–Crippen MR) is 92.7 cm³/mol. The van der Waals surface area contributed by atoms with E-state index < -0.39 is 0 Å². The van der Waals surface area contributed by atoms with Gasteiger partial charge >= 0.3 is 0 Å². The Morgan fingerprint density at radius 2 is 1.58 bits per heavy atom. The third-order valence-electron chi connectivity index (χ3n) is 5.90. The van der Waals surface area contributed by atoms with Crippen molar-refractivity contribution >= 4 is 11.8 Å². The standard InChI is InChI=1S/C19H35N2O2.HI/c1-15(2)16-7-9-19(10-8-16)13-17(22)20(18(23)14-19)11-6-12-21(3,4)5;/h15-16H,6-14H2,1-5H3;1H/q+1;/p-1. The zero-order chi connectivity index (χ0) is 17.3. The van der Waals surface area contributed by atoms with Crippen molar-refractivity contribution in [2.45, 2.75) is 58.8 Å². The van der Waals surface area contributed by atoms with Gasteiger partial charge in [0.2, 0.25) is 11.8 Å². The number of hydrogen-bond acceptors (Lipinski definition) is 2. The number of halogens is 1. The molecule has 2 amide bonds. The molecule has 1 saturated heterocycles. The molecule has 0 bridgehead atoms. The van der Waals surface area contributed by atoms with Crippen LogP contribution in [-0.2, 0) is 9.59 Å². The van der Waals surface area contributed by atoms with Crippen molar-refractivity contribution in [2.75, 3.05) is 34.2 Å². The predicted octanol–water partition coefficient (Wildman–Crippen LogP) is 0.0683. The molecule has 0 aromatic heterocycles. The molecule has 0 aromatic rings. The van der Waals surface area contributed by atoms with Crippen LogP contribution < -0.4 is 24.0 Å². The second-order valence-corrected chi connectivity index (χ2v) is 9.24. The van der Waals surface area contributed by atoms with E-state index in [9.17, 15) is 9.59 Å². The molecule has 0 unspecified atom stereocenters. The van der Waals surface area contributed by atoms with E-state index in [0.29, 0.717) is 19.4 Å². The monoisotopic (exact) mass is 450 g/mol. The van der Waals surface area contributed by atoms with Gasteiger partial charge in [0.05, 0.1) is 27.7 Å². The van der Waals surface area contributed by atoms with Crippen molar-refractivity contribution in [2.24, 2.45) is 17.3 Å². The smallest absolute Gasteiger partial charge is 0.229 e. The summed E-state index contributed by atoms with van der Waals surface area (Å²) in [5, 5.41) is 0. The van der Waals surface area contributed by atoms with Gasteiger partial charge in [0.15, 0.2) is 0 Å². The molecular formula is C19H35IN2O2. The Morgan fingerprint density at radius 1 is 1.08 bits per heavy atom. The first-order chi connectivity index (χ1) is 10.6. The molecule has 24 heavy (non-hydrogen) atoms. The molecule has 1 heterocycles. The van der Waals surface area contributed by atoms with E-state index in [1.165, 1.54) is 17.7 Å². The Labute approximate surface area is 164 Å². The summed E-state index contributed by atoms with van der Waals surface area (Å²) in [5.74, 6) is 1.64. The number of quaternary nitrogens is 1. The maximum Gasteiger partial charge on any atom is 0.229 e. The maximum absolute atomic E-state index is 12.5.